The van der Waals surface area contributed by atoms with E-state index in [1.165, 1.54) is 5.56 Å². The maximum absolute atomic E-state index is 11.7. The van der Waals surface area contributed by atoms with Gasteiger partial charge >= 0.3 is 0 Å². The number of rotatable bonds is 8. The van der Waals surface area contributed by atoms with Gasteiger partial charge in [0.15, 0.2) is 5.96 Å². The average Bonchev–Trinajstić information content (AvgIpc) is 2.68. The molecule has 0 bridgehead atoms. The number of halogens is 1. The van der Waals surface area contributed by atoms with E-state index in [1.54, 1.807) is 14.2 Å². The second-order valence-electron chi connectivity index (χ2n) is 6.59. The van der Waals surface area contributed by atoms with Crippen LogP contribution in [0.25, 0.3) is 0 Å². The number of piperidine rings is 1. The van der Waals surface area contributed by atoms with E-state index in [0.717, 1.165) is 37.5 Å². The second-order valence-corrected chi connectivity index (χ2v) is 7.03. The molecule has 1 saturated heterocycles. The first-order chi connectivity index (χ1) is 13.1. The molecule has 1 heterocycles. The Morgan fingerprint density at radius 3 is 2.59 bits per heavy atom. The van der Waals surface area contributed by atoms with Crippen molar-refractivity contribution >= 4 is 23.5 Å². The van der Waals surface area contributed by atoms with Crippen molar-refractivity contribution in [1.29, 1.82) is 0 Å². The molecule has 8 heteroatoms. The number of nitrogens with one attached hydrogen (secondary N) is 3. The van der Waals surface area contributed by atoms with Gasteiger partial charge in [0.2, 0.25) is 5.91 Å². The molecule has 2 rings (SSSR count). The number of nitrogens with zero attached hydrogens (tertiary/aromatic N) is 2. The maximum Gasteiger partial charge on any atom is 0.239 e. The molecule has 7 nitrogen and oxygen atoms in total. The van der Waals surface area contributed by atoms with Crippen molar-refractivity contribution < 1.29 is 9.53 Å². The van der Waals surface area contributed by atoms with Gasteiger partial charge < -0.3 is 20.7 Å². The van der Waals surface area contributed by atoms with Crippen LogP contribution in [-0.2, 0) is 16.1 Å². The van der Waals surface area contributed by atoms with Crippen LogP contribution in [0.3, 0.4) is 0 Å². The maximum atomic E-state index is 11.7. The summed E-state index contributed by atoms with van der Waals surface area (Å²) >= 11 is 5.94. The van der Waals surface area contributed by atoms with E-state index in [2.05, 4.69) is 38.0 Å². The van der Waals surface area contributed by atoms with Gasteiger partial charge in [0.05, 0.1) is 13.2 Å². The van der Waals surface area contributed by atoms with Crippen LogP contribution >= 0.6 is 11.6 Å². The second kappa shape index (κ2) is 11.8. The molecule has 1 aromatic carbocycles. The van der Waals surface area contributed by atoms with Crippen LogP contribution in [0.15, 0.2) is 29.3 Å². The van der Waals surface area contributed by atoms with E-state index in [1.807, 2.05) is 12.1 Å². The van der Waals surface area contributed by atoms with Gasteiger partial charge in [-0.05, 0) is 30.5 Å². The van der Waals surface area contributed by atoms with Gasteiger partial charge in [-0.15, -0.1) is 0 Å². The summed E-state index contributed by atoms with van der Waals surface area (Å²) in [7, 11) is 3.32. The van der Waals surface area contributed by atoms with E-state index in [0.29, 0.717) is 25.2 Å². The van der Waals surface area contributed by atoms with Crippen LogP contribution in [0.1, 0.15) is 18.4 Å². The number of aliphatic imine (C=N–C) groups is 1. The van der Waals surface area contributed by atoms with E-state index in [-0.39, 0.29) is 12.5 Å². The molecule has 27 heavy (non-hydrogen) atoms. The van der Waals surface area contributed by atoms with Crippen LogP contribution in [0, 0.1) is 0 Å². The molecular formula is C19H30ClN5O2. The highest BCUT2D eigenvalue weighted by molar-refractivity contribution is 6.30. The Balaban J connectivity index is 1.67. The Kier molecular flexibility index (Phi) is 9.38. The number of likely N-dealkylation sites (tertiary alicyclic amines) is 1. The van der Waals surface area contributed by atoms with Crippen molar-refractivity contribution in [2.45, 2.75) is 25.4 Å². The molecule has 1 aliphatic heterocycles. The van der Waals surface area contributed by atoms with Gasteiger partial charge in [0, 0.05) is 51.4 Å². The van der Waals surface area contributed by atoms with Crippen LogP contribution in [0.4, 0.5) is 0 Å². The standard InChI is InChI=1S/C19H30ClN5O2/c1-21-19(23-13-18(26)22-9-12-27-2)24-17-7-10-25(11-8-17)14-15-3-5-16(20)6-4-15/h3-6,17H,7-14H2,1-2H3,(H,22,26)(H2,21,23,24). The van der Waals surface area contributed by atoms with E-state index in [4.69, 9.17) is 16.3 Å². The van der Waals surface area contributed by atoms with Crippen LogP contribution in [0.2, 0.25) is 5.02 Å². The Labute approximate surface area is 166 Å². The van der Waals surface area contributed by atoms with Gasteiger partial charge in [-0.25, -0.2) is 0 Å². The SMILES string of the molecule is CN=C(NCC(=O)NCCOC)NC1CCN(Cc2ccc(Cl)cc2)CC1. The summed E-state index contributed by atoms with van der Waals surface area (Å²) in [5.41, 5.74) is 1.28. The molecule has 0 unspecified atom stereocenters. The number of ether oxygens (including phenoxy) is 1. The Bertz CT molecular complexity index is 601. The number of carbonyl (C=O) groups excluding carboxylic acids is 1. The summed E-state index contributed by atoms with van der Waals surface area (Å²) in [6.07, 6.45) is 2.07. The average molecular weight is 396 g/mol. The zero-order valence-corrected chi connectivity index (χ0v) is 16.9. The largest absolute Gasteiger partial charge is 0.383 e. The zero-order chi connectivity index (χ0) is 19.5. The third-order valence-electron chi connectivity index (χ3n) is 4.52. The fourth-order valence-electron chi connectivity index (χ4n) is 2.99. The highest BCUT2D eigenvalue weighted by atomic mass is 35.5. The Morgan fingerprint density at radius 1 is 1.26 bits per heavy atom. The lowest BCUT2D eigenvalue weighted by Crippen LogP contribution is -2.50. The lowest BCUT2D eigenvalue weighted by Gasteiger charge is -2.33. The first kappa shape index (κ1) is 21.5. The summed E-state index contributed by atoms with van der Waals surface area (Å²) < 4.78 is 4.91. The monoisotopic (exact) mass is 395 g/mol. The molecule has 3 N–H and O–H groups in total. The first-order valence-electron chi connectivity index (χ1n) is 9.30. The van der Waals surface area contributed by atoms with E-state index in [9.17, 15) is 4.79 Å². The molecule has 0 saturated carbocycles. The minimum Gasteiger partial charge on any atom is -0.383 e. The molecule has 1 amide bonds. The Morgan fingerprint density at radius 2 is 1.96 bits per heavy atom. The predicted molar refractivity (Wildman–Crippen MR) is 109 cm³/mol. The summed E-state index contributed by atoms with van der Waals surface area (Å²) in [6, 6.07) is 8.39. The van der Waals surface area contributed by atoms with Crippen LogP contribution in [0.5, 0.6) is 0 Å². The fraction of sp³-hybridized carbons (Fsp3) is 0.579. The quantitative estimate of drug-likeness (QED) is 0.350. The Hall–Kier alpha value is -1.83. The number of methoxy groups -OCH3 is 1. The van der Waals surface area contributed by atoms with Crippen LogP contribution < -0.4 is 16.0 Å². The number of carbonyl (C=O) groups is 1. The molecular weight excluding hydrogens is 366 g/mol. The minimum absolute atomic E-state index is 0.0761. The van der Waals surface area contributed by atoms with Crippen molar-refractivity contribution in [3.8, 4) is 0 Å². The lowest BCUT2D eigenvalue weighted by molar-refractivity contribution is -0.120. The van der Waals surface area contributed by atoms with Crippen molar-refractivity contribution in [2.75, 3.05) is 46.9 Å². The normalized spacial score (nSPS) is 16.2. The van der Waals surface area contributed by atoms with Gasteiger partial charge in [0.25, 0.3) is 0 Å². The van der Waals surface area contributed by atoms with Crippen molar-refractivity contribution in [3.63, 3.8) is 0 Å². The molecule has 0 aliphatic carbocycles. The fourth-order valence-corrected chi connectivity index (χ4v) is 3.12. The first-order valence-corrected chi connectivity index (χ1v) is 9.68. The lowest BCUT2D eigenvalue weighted by atomic mass is 10.0. The molecule has 150 valence electrons. The molecule has 1 aromatic rings. The smallest absolute Gasteiger partial charge is 0.239 e. The number of hydrogen-bond donors (Lipinski definition) is 3. The topological polar surface area (TPSA) is 78.0 Å². The predicted octanol–water partition coefficient (Wildman–Crippen LogP) is 1.23. The summed E-state index contributed by atoms with van der Waals surface area (Å²) in [5, 5.41) is 10.0. The number of hydrogen-bond acceptors (Lipinski definition) is 4. The summed E-state index contributed by atoms with van der Waals surface area (Å²) in [6.45, 7) is 4.20. The highest BCUT2D eigenvalue weighted by Crippen LogP contribution is 2.15. The molecule has 0 radical (unpaired) electrons. The number of amides is 1. The van der Waals surface area contributed by atoms with Crippen molar-refractivity contribution in [1.82, 2.24) is 20.9 Å². The van der Waals surface area contributed by atoms with Crippen molar-refractivity contribution in [3.05, 3.63) is 34.9 Å². The minimum atomic E-state index is -0.0761. The van der Waals surface area contributed by atoms with Gasteiger partial charge in [-0.1, -0.05) is 23.7 Å². The molecule has 1 fully saturated rings. The van der Waals surface area contributed by atoms with E-state index >= 15 is 0 Å². The van der Waals surface area contributed by atoms with E-state index < -0.39 is 0 Å². The summed E-state index contributed by atoms with van der Waals surface area (Å²) in [5.74, 6) is 0.584. The third kappa shape index (κ3) is 8.15. The van der Waals surface area contributed by atoms with Gasteiger partial charge in [-0.2, -0.15) is 0 Å². The molecule has 0 aromatic heterocycles. The zero-order valence-electron chi connectivity index (χ0n) is 16.1. The highest BCUT2D eigenvalue weighted by Gasteiger charge is 2.20. The molecule has 0 atom stereocenters. The number of benzene rings is 1. The van der Waals surface area contributed by atoms with Crippen LogP contribution in [-0.4, -0.2) is 69.8 Å². The van der Waals surface area contributed by atoms with Gasteiger partial charge in [-0.3, -0.25) is 14.7 Å². The molecule has 0 spiro atoms. The van der Waals surface area contributed by atoms with Gasteiger partial charge in [0.1, 0.15) is 0 Å². The third-order valence-corrected chi connectivity index (χ3v) is 4.77. The number of guanidine groups is 1. The summed E-state index contributed by atoms with van der Waals surface area (Å²) in [4.78, 5) is 18.4. The van der Waals surface area contributed by atoms with Crippen molar-refractivity contribution in [2.24, 2.45) is 4.99 Å². The molecule has 1 aliphatic rings.